The van der Waals surface area contributed by atoms with Crippen LogP contribution in [0.3, 0.4) is 0 Å². The van der Waals surface area contributed by atoms with Crippen LogP contribution >= 0.6 is 0 Å². The highest BCUT2D eigenvalue weighted by Gasteiger charge is 2.21. The molecule has 0 spiro atoms. The molecular formula is C13H11N5O4. The zero-order valence-corrected chi connectivity index (χ0v) is 11.5. The van der Waals surface area contributed by atoms with E-state index < -0.39 is 10.8 Å². The minimum Gasteiger partial charge on any atom is -0.475 e. The third-order valence-corrected chi connectivity index (χ3v) is 2.73. The van der Waals surface area contributed by atoms with Crippen molar-refractivity contribution in [2.75, 3.05) is 12.4 Å². The van der Waals surface area contributed by atoms with Gasteiger partial charge in [-0.2, -0.15) is 5.26 Å². The van der Waals surface area contributed by atoms with Crippen LogP contribution < -0.4 is 10.1 Å². The molecule has 0 aliphatic rings. The molecular weight excluding hydrogens is 290 g/mol. The molecule has 0 aliphatic carbocycles. The summed E-state index contributed by atoms with van der Waals surface area (Å²) >= 11 is 0. The van der Waals surface area contributed by atoms with Crippen LogP contribution in [0.25, 0.3) is 0 Å². The van der Waals surface area contributed by atoms with Gasteiger partial charge in [0.05, 0.1) is 23.3 Å². The fourth-order valence-electron chi connectivity index (χ4n) is 1.77. The van der Waals surface area contributed by atoms with Crippen molar-refractivity contribution in [1.29, 1.82) is 5.26 Å². The SMILES string of the molecule is COc1nn(CC(=O)Nc2ccccc2C#N)cc1[N+](=O)[O-]. The second-order valence-electron chi connectivity index (χ2n) is 4.18. The Morgan fingerprint density at radius 2 is 2.27 bits per heavy atom. The third kappa shape index (κ3) is 3.18. The van der Waals surface area contributed by atoms with Gasteiger partial charge < -0.3 is 10.1 Å². The molecule has 9 nitrogen and oxygen atoms in total. The molecule has 0 bridgehead atoms. The van der Waals surface area contributed by atoms with E-state index >= 15 is 0 Å². The highest BCUT2D eigenvalue weighted by molar-refractivity contribution is 5.91. The second kappa shape index (κ2) is 6.36. The van der Waals surface area contributed by atoms with Crippen molar-refractivity contribution in [2.45, 2.75) is 6.54 Å². The van der Waals surface area contributed by atoms with Gasteiger partial charge in [0.25, 0.3) is 0 Å². The largest absolute Gasteiger partial charge is 0.475 e. The van der Waals surface area contributed by atoms with E-state index in [-0.39, 0.29) is 18.1 Å². The topological polar surface area (TPSA) is 123 Å². The number of nitro groups is 1. The van der Waals surface area contributed by atoms with Gasteiger partial charge >= 0.3 is 11.6 Å². The number of carbonyl (C=O) groups is 1. The molecule has 2 aromatic rings. The van der Waals surface area contributed by atoms with Gasteiger partial charge in [-0.15, -0.1) is 5.10 Å². The number of hydrogen-bond donors (Lipinski definition) is 1. The van der Waals surface area contributed by atoms with E-state index in [1.165, 1.54) is 7.11 Å². The van der Waals surface area contributed by atoms with Gasteiger partial charge in [0.1, 0.15) is 18.8 Å². The van der Waals surface area contributed by atoms with E-state index in [2.05, 4.69) is 10.4 Å². The quantitative estimate of drug-likeness (QED) is 0.656. The predicted molar refractivity (Wildman–Crippen MR) is 75.2 cm³/mol. The Bertz CT molecular complexity index is 762. The molecule has 2 rings (SSSR count). The van der Waals surface area contributed by atoms with Crippen LogP contribution in [0.2, 0.25) is 0 Å². The van der Waals surface area contributed by atoms with Crippen LogP contribution in [0.15, 0.2) is 30.5 Å². The van der Waals surface area contributed by atoms with E-state index in [1.807, 2.05) is 6.07 Å². The van der Waals surface area contributed by atoms with Crippen LogP contribution in [0.4, 0.5) is 11.4 Å². The number of hydrogen-bond acceptors (Lipinski definition) is 6. The molecule has 112 valence electrons. The maximum absolute atomic E-state index is 11.9. The van der Waals surface area contributed by atoms with E-state index in [9.17, 15) is 14.9 Å². The van der Waals surface area contributed by atoms with E-state index in [4.69, 9.17) is 10.00 Å². The molecule has 0 fully saturated rings. The lowest BCUT2D eigenvalue weighted by Crippen LogP contribution is -2.19. The molecule has 1 amide bonds. The molecule has 0 saturated carbocycles. The summed E-state index contributed by atoms with van der Waals surface area (Å²) in [5, 5.41) is 26.1. The van der Waals surface area contributed by atoms with Gasteiger partial charge in [0.2, 0.25) is 5.91 Å². The number of nitriles is 1. The Morgan fingerprint density at radius 1 is 1.55 bits per heavy atom. The number of anilines is 1. The minimum atomic E-state index is -0.648. The number of benzene rings is 1. The second-order valence-corrected chi connectivity index (χ2v) is 4.18. The van der Waals surface area contributed by atoms with E-state index in [1.54, 1.807) is 24.3 Å². The van der Waals surface area contributed by atoms with Gasteiger partial charge in [0, 0.05) is 0 Å². The number of methoxy groups -OCH3 is 1. The molecule has 1 aromatic carbocycles. The van der Waals surface area contributed by atoms with Crippen LogP contribution in [-0.2, 0) is 11.3 Å². The van der Waals surface area contributed by atoms with Crippen molar-refractivity contribution in [3.05, 3.63) is 46.1 Å². The summed E-state index contributed by atoms with van der Waals surface area (Å²) in [6.07, 6.45) is 1.11. The van der Waals surface area contributed by atoms with E-state index in [0.717, 1.165) is 10.9 Å². The molecule has 0 aliphatic heterocycles. The first kappa shape index (κ1) is 15.0. The summed E-state index contributed by atoms with van der Waals surface area (Å²) < 4.78 is 5.87. The zero-order valence-electron chi connectivity index (χ0n) is 11.5. The van der Waals surface area contributed by atoms with Gasteiger partial charge in [-0.3, -0.25) is 19.6 Å². The average Bonchev–Trinajstić information content (AvgIpc) is 2.90. The number of aromatic nitrogens is 2. The lowest BCUT2D eigenvalue weighted by Gasteiger charge is -2.06. The first-order chi connectivity index (χ1) is 10.5. The average molecular weight is 301 g/mol. The fourth-order valence-corrected chi connectivity index (χ4v) is 1.77. The van der Waals surface area contributed by atoms with Crippen LogP contribution in [0.1, 0.15) is 5.56 Å². The third-order valence-electron chi connectivity index (χ3n) is 2.73. The van der Waals surface area contributed by atoms with Crippen molar-refractivity contribution in [1.82, 2.24) is 9.78 Å². The molecule has 1 aromatic heterocycles. The van der Waals surface area contributed by atoms with Crippen molar-refractivity contribution in [2.24, 2.45) is 0 Å². The monoisotopic (exact) mass is 301 g/mol. The Balaban J connectivity index is 2.13. The highest BCUT2D eigenvalue weighted by Crippen LogP contribution is 2.23. The summed E-state index contributed by atoms with van der Waals surface area (Å²) in [6, 6.07) is 8.46. The summed E-state index contributed by atoms with van der Waals surface area (Å²) in [5.41, 5.74) is 0.358. The molecule has 0 unspecified atom stereocenters. The smallest absolute Gasteiger partial charge is 0.350 e. The van der Waals surface area contributed by atoms with Crippen LogP contribution in [-0.4, -0.2) is 27.7 Å². The van der Waals surface area contributed by atoms with Crippen LogP contribution in [0.5, 0.6) is 5.88 Å². The molecule has 0 atom stereocenters. The number of para-hydroxylation sites is 1. The summed E-state index contributed by atoms with van der Waals surface area (Å²) in [4.78, 5) is 22.1. The lowest BCUT2D eigenvalue weighted by atomic mass is 10.2. The van der Waals surface area contributed by atoms with Gasteiger partial charge in [-0.05, 0) is 12.1 Å². The predicted octanol–water partition coefficient (Wildman–Crippen LogP) is 1.31. The highest BCUT2D eigenvalue weighted by atomic mass is 16.6. The van der Waals surface area contributed by atoms with E-state index in [0.29, 0.717) is 11.3 Å². The van der Waals surface area contributed by atoms with Gasteiger partial charge in [0.15, 0.2) is 0 Å². The summed E-state index contributed by atoms with van der Waals surface area (Å²) in [5.74, 6) is -0.641. The molecule has 9 heteroatoms. The number of ether oxygens (including phenoxy) is 1. The Hall–Kier alpha value is -3.41. The zero-order chi connectivity index (χ0) is 16.1. The summed E-state index contributed by atoms with van der Waals surface area (Å²) in [6.45, 7) is -0.246. The Morgan fingerprint density at radius 3 is 2.86 bits per heavy atom. The standard InChI is InChI=1S/C13H11N5O4/c1-22-13-11(18(20)21)7-17(16-13)8-12(19)15-10-5-3-2-4-9(10)6-14/h2-5,7H,8H2,1H3,(H,15,19). The maximum Gasteiger partial charge on any atom is 0.350 e. The first-order valence-electron chi connectivity index (χ1n) is 6.10. The Labute approximate surface area is 124 Å². The lowest BCUT2D eigenvalue weighted by molar-refractivity contribution is -0.385. The van der Waals surface area contributed by atoms with Crippen LogP contribution in [0, 0.1) is 21.4 Å². The first-order valence-corrected chi connectivity index (χ1v) is 6.10. The minimum absolute atomic E-state index is 0.171. The number of carbonyl (C=O) groups excluding carboxylic acids is 1. The van der Waals surface area contributed by atoms with Gasteiger partial charge in [-0.25, -0.2) is 0 Å². The molecule has 1 N–H and O–H groups in total. The Kier molecular flexibility index (Phi) is 4.33. The normalized spacial score (nSPS) is 9.82. The fraction of sp³-hybridized carbons (Fsp3) is 0.154. The number of rotatable bonds is 5. The molecule has 0 radical (unpaired) electrons. The molecule has 0 saturated heterocycles. The number of nitrogens with one attached hydrogen (secondary N) is 1. The van der Waals surface area contributed by atoms with Crippen molar-refractivity contribution in [3.8, 4) is 11.9 Å². The summed E-state index contributed by atoms with van der Waals surface area (Å²) in [7, 11) is 1.25. The van der Waals surface area contributed by atoms with Gasteiger partial charge in [-0.1, -0.05) is 12.1 Å². The number of nitrogens with zero attached hydrogens (tertiary/aromatic N) is 4. The van der Waals surface area contributed by atoms with Crippen molar-refractivity contribution in [3.63, 3.8) is 0 Å². The molecule has 1 heterocycles. The van der Waals surface area contributed by atoms with Crippen molar-refractivity contribution >= 4 is 17.3 Å². The van der Waals surface area contributed by atoms with Crippen molar-refractivity contribution < 1.29 is 14.5 Å². The number of amides is 1. The molecule has 22 heavy (non-hydrogen) atoms. The maximum atomic E-state index is 11.9.